The molecule has 5 nitrogen and oxygen atoms in total. The monoisotopic (exact) mass is 374 g/mol. The number of hydrogen-bond donors (Lipinski definition) is 0. The van der Waals surface area contributed by atoms with E-state index >= 15 is 0 Å². The molecule has 1 aliphatic heterocycles. The molecule has 1 aromatic heterocycles. The molecule has 0 saturated carbocycles. The third-order valence-corrected chi connectivity index (χ3v) is 5.05. The van der Waals surface area contributed by atoms with E-state index < -0.39 is 29.2 Å². The Morgan fingerprint density at radius 2 is 1.85 bits per heavy atom. The molecule has 2 aromatic rings. The van der Waals surface area contributed by atoms with E-state index in [1.165, 1.54) is 40.5 Å². The number of thiophene rings is 1. The molecule has 7 heteroatoms. The number of carbonyl (C=O) groups excluding carboxylic acids is 3. The van der Waals surface area contributed by atoms with Crippen molar-refractivity contribution in [3.05, 3.63) is 52.5 Å². The highest BCUT2D eigenvalue weighted by atomic mass is 32.1. The van der Waals surface area contributed by atoms with Crippen LogP contribution in [0.3, 0.4) is 0 Å². The van der Waals surface area contributed by atoms with E-state index in [0.717, 1.165) is 4.90 Å². The summed E-state index contributed by atoms with van der Waals surface area (Å²) < 4.78 is 13.2. The zero-order chi connectivity index (χ0) is 19.1. The maximum atomic E-state index is 13.2. The maximum absolute atomic E-state index is 13.2. The molecule has 1 atom stereocenters. The summed E-state index contributed by atoms with van der Waals surface area (Å²) in [5, 5.41) is 1.79. The van der Waals surface area contributed by atoms with Crippen LogP contribution in [0.4, 0.5) is 10.1 Å². The molecule has 3 amide bonds. The Bertz CT molecular complexity index is 841. The molecule has 26 heavy (non-hydrogen) atoms. The Balaban J connectivity index is 1.96. The lowest BCUT2D eigenvalue weighted by Gasteiger charge is -2.38. The zero-order valence-corrected chi connectivity index (χ0v) is 15.5. The van der Waals surface area contributed by atoms with Crippen LogP contribution in [0.15, 0.2) is 41.8 Å². The molecular formula is C19H19FN2O3S. The summed E-state index contributed by atoms with van der Waals surface area (Å²) in [5.74, 6) is -1.60. The number of rotatable bonds is 3. The van der Waals surface area contributed by atoms with Gasteiger partial charge in [0.1, 0.15) is 11.9 Å². The first-order chi connectivity index (χ1) is 12.2. The first kappa shape index (κ1) is 18.3. The van der Waals surface area contributed by atoms with E-state index in [9.17, 15) is 18.8 Å². The molecular weight excluding hydrogens is 355 g/mol. The van der Waals surface area contributed by atoms with Gasteiger partial charge in [0.15, 0.2) is 0 Å². The minimum Gasteiger partial charge on any atom is -0.321 e. The van der Waals surface area contributed by atoms with Crippen molar-refractivity contribution in [2.75, 3.05) is 4.90 Å². The summed E-state index contributed by atoms with van der Waals surface area (Å²) >= 11 is 1.29. The molecule has 3 rings (SSSR count). The predicted molar refractivity (Wildman–Crippen MR) is 97.5 cm³/mol. The third kappa shape index (κ3) is 3.26. The van der Waals surface area contributed by atoms with Gasteiger partial charge in [-0.3, -0.25) is 14.4 Å². The van der Waals surface area contributed by atoms with Crippen LogP contribution in [0.5, 0.6) is 0 Å². The van der Waals surface area contributed by atoms with Crippen molar-refractivity contribution in [2.45, 2.75) is 38.8 Å². The molecule has 0 aliphatic carbocycles. The topological polar surface area (TPSA) is 57.7 Å². The standard InChI is InChI=1S/C19H19FN2O3S/c1-19(2,3)22(18(25)15-5-4-10-26-15)14-11-16(23)21(17(14)24)13-8-6-12(20)7-9-13/h4-10,14H,11H2,1-3H3. The highest BCUT2D eigenvalue weighted by Crippen LogP contribution is 2.31. The van der Waals surface area contributed by atoms with Crippen molar-refractivity contribution in [1.82, 2.24) is 4.90 Å². The molecule has 0 radical (unpaired) electrons. The molecule has 2 heterocycles. The zero-order valence-electron chi connectivity index (χ0n) is 14.7. The number of halogens is 1. The van der Waals surface area contributed by atoms with Crippen LogP contribution in [0.2, 0.25) is 0 Å². The van der Waals surface area contributed by atoms with Gasteiger partial charge in [0.25, 0.3) is 11.8 Å². The number of carbonyl (C=O) groups is 3. The first-order valence-corrected chi connectivity index (χ1v) is 9.07. The van der Waals surface area contributed by atoms with Crippen LogP contribution < -0.4 is 4.90 Å². The van der Waals surface area contributed by atoms with Crippen LogP contribution in [-0.4, -0.2) is 34.2 Å². The number of amides is 3. The van der Waals surface area contributed by atoms with E-state index in [2.05, 4.69) is 0 Å². The summed E-state index contributed by atoms with van der Waals surface area (Å²) in [7, 11) is 0. The Morgan fingerprint density at radius 1 is 1.19 bits per heavy atom. The van der Waals surface area contributed by atoms with E-state index in [-0.39, 0.29) is 12.3 Å². The van der Waals surface area contributed by atoms with Gasteiger partial charge in [0.2, 0.25) is 5.91 Å². The Labute approximate surface area is 155 Å². The molecule has 136 valence electrons. The molecule has 1 unspecified atom stereocenters. The van der Waals surface area contributed by atoms with E-state index in [4.69, 9.17) is 0 Å². The second kappa shape index (κ2) is 6.64. The van der Waals surface area contributed by atoms with E-state index in [1.807, 2.05) is 20.8 Å². The molecule has 0 spiro atoms. The van der Waals surface area contributed by atoms with Gasteiger partial charge < -0.3 is 4.90 Å². The predicted octanol–water partition coefficient (Wildman–Crippen LogP) is 3.46. The SMILES string of the molecule is CC(C)(C)N(C(=O)c1cccs1)C1CC(=O)N(c2ccc(F)cc2)C1=O. The van der Waals surface area contributed by atoms with Crippen LogP contribution >= 0.6 is 11.3 Å². The lowest BCUT2D eigenvalue weighted by molar-refractivity contribution is -0.123. The lowest BCUT2D eigenvalue weighted by Crippen LogP contribution is -2.54. The average molecular weight is 374 g/mol. The van der Waals surface area contributed by atoms with Gasteiger partial charge in [-0.05, 0) is 56.5 Å². The van der Waals surface area contributed by atoms with Gasteiger partial charge >= 0.3 is 0 Å². The van der Waals surface area contributed by atoms with Crippen LogP contribution in [0, 0.1) is 5.82 Å². The summed E-state index contributed by atoms with van der Waals surface area (Å²) in [6.07, 6.45) is -0.0927. The largest absolute Gasteiger partial charge is 0.321 e. The quantitative estimate of drug-likeness (QED) is 0.773. The number of imide groups is 1. The van der Waals surface area contributed by atoms with E-state index in [1.54, 1.807) is 17.5 Å². The minimum absolute atomic E-state index is 0.0927. The summed E-state index contributed by atoms with van der Waals surface area (Å²) in [6, 6.07) is 7.74. The molecule has 0 N–H and O–H groups in total. The number of benzene rings is 1. The second-order valence-electron chi connectivity index (χ2n) is 7.09. The summed E-state index contributed by atoms with van der Waals surface area (Å²) in [6.45, 7) is 5.49. The molecule has 1 aliphatic rings. The Hall–Kier alpha value is -2.54. The summed E-state index contributed by atoms with van der Waals surface area (Å²) in [5.41, 5.74) is -0.346. The minimum atomic E-state index is -0.887. The average Bonchev–Trinajstić information content (AvgIpc) is 3.17. The van der Waals surface area contributed by atoms with Crippen molar-refractivity contribution in [3.63, 3.8) is 0 Å². The van der Waals surface area contributed by atoms with Gasteiger partial charge in [-0.1, -0.05) is 6.07 Å². The van der Waals surface area contributed by atoms with Gasteiger partial charge in [-0.2, -0.15) is 0 Å². The van der Waals surface area contributed by atoms with Gasteiger partial charge in [0, 0.05) is 5.54 Å². The van der Waals surface area contributed by atoms with Crippen molar-refractivity contribution in [2.24, 2.45) is 0 Å². The van der Waals surface area contributed by atoms with Crippen LogP contribution in [-0.2, 0) is 9.59 Å². The second-order valence-corrected chi connectivity index (χ2v) is 8.03. The van der Waals surface area contributed by atoms with Gasteiger partial charge in [0.05, 0.1) is 17.0 Å². The van der Waals surface area contributed by atoms with Gasteiger partial charge in [-0.25, -0.2) is 9.29 Å². The van der Waals surface area contributed by atoms with Crippen molar-refractivity contribution in [1.29, 1.82) is 0 Å². The maximum Gasteiger partial charge on any atom is 0.265 e. The fraction of sp³-hybridized carbons (Fsp3) is 0.316. The van der Waals surface area contributed by atoms with Gasteiger partial charge in [-0.15, -0.1) is 11.3 Å². The third-order valence-electron chi connectivity index (χ3n) is 4.19. The highest BCUT2D eigenvalue weighted by molar-refractivity contribution is 7.12. The molecule has 1 fully saturated rings. The van der Waals surface area contributed by atoms with Crippen LogP contribution in [0.25, 0.3) is 0 Å². The van der Waals surface area contributed by atoms with E-state index in [0.29, 0.717) is 10.6 Å². The molecule has 1 aromatic carbocycles. The normalized spacial score (nSPS) is 17.7. The highest BCUT2D eigenvalue weighted by Gasteiger charge is 2.47. The Kier molecular flexibility index (Phi) is 4.66. The first-order valence-electron chi connectivity index (χ1n) is 8.19. The van der Waals surface area contributed by atoms with Crippen LogP contribution in [0.1, 0.15) is 36.9 Å². The fourth-order valence-electron chi connectivity index (χ4n) is 3.11. The fourth-order valence-corrected chi connectivity index (χ4v) is 3.77. The molecule has 0 bridgehead atoms. The summed E-state index contributed by atoms with van der Waals surface area (Å²) in [4.78, 5) is 41.5. The lowest BCUT2D eigenvalue weighted by atomic mass is 10.0. The Morgan fingerprint density at radius 3 is 2.38 bits per heavy atom. The molecule has 1 saturated heterocycles. The van der Waals surface area contributed by atoms with Crippen molar-refractivity contribution < 1.29 is 18.8 Å². The van der Waals surface area contributed by atoms with Crippen molar-refractivity contribution in [3.8, 4) is 0 Å². The number of hydrogen-bond acceptors (Lipinski definition) is 4. The van der Waals surface area contributed by atoms with Crippen molar-refractivity contribution >= 4 is 34.7 Å². The number of nitrogens with zero attached hydrogens (tertiary/aromatic N) is 2. The number of anilines is 1. The smallest absolute Gasteiger partial charge is 0.265 e.